The maximum atomic E-state index is 14.9. The van der Waals surface area contributed by atoms with Gasteiger partial charge in [0.25, 0.3) is 0 Å². The second-order valence-corrected chi connectivity index (χ2v) is 18.1. The highest BCUT2D eigenvalue weighted by Gasteiger charge is 2.46. The van der Waals surface area contributed by atoms with Crippen LogP contribution in [0.4, 0.5) is 9.59 Å². The molecule has 14 heteroatoms. The minimum absolute atomic E-state index is 0.0444. The lowest BCUT2D eigenvalue weighted by molar-refractivity contribution is -0.133. The Morgan fingerprint density at radius 1 is 0.889 bits per heavy atom. The molecule has 0 saturated carbocycles. The van der Waals surface area contributed by atoms with E-state index in [4.69, 9.17) is 4.74 Å². The number of amides is 5. The highest BCUT2D eigenvalue weighted by Crippen LogP contribution is 2.35. The molecule has 4 atom stereocenters. The van der Waals surface area contributed by atoms with Crippen LogP contribution >= 0.6 is 0 Å². The number of carbonyl (C=O) groups excluding carboxylic acids is 4. The summed E-state index contributed by atoms with van der Waals surface area (Å²) in [6.45, 7) is 10.6. The number of hydrogen-bond acceptors (Lipinski definition) is 9. The van der Waals surface area contributed by atoms with Crippen LogP contribution in [0, 0.1) is 16.7 Å². The first-order valence-electron chi connectivity index (χ1n) is 21.4. The van der Waals surface area contributed by atoms with Crippen LogP contribution in [-0.4, -0.2) is 93.9 Å². The topological polar surface area (TPSA) is 178 Å². The second kappa shape index (κ2) is 20.7. The molecule has 0 aliphatic carbocycles. The van der Waals surface area contributed by atoms with Crippen LogP contribution in [0.1, 0.15) is 57.7 Å². The van der Waals surface area contributed by atoms with Crippen molar-refractivity contribution in [2.24, 2.45) is 16.7 Å². The minimum Gasteiger partial charge on any atom is -0.453 e. The number of nitrogens with zero attached hydrogens (tertiary/aromatic N) is 4. The summed E-state index contributed by atoms with van der Waals surface area (Å²) >= 11 is 0. The van der Waals surface area contributed by atoms with Crippen LogP contribution in [-0.2, 0) is 33.8 Å². The zero-order valence-corrected chi connectivity index (χ0v) is 37.0. The summed E-state index contributed by atoms with van der Waals surface area (Å²) in [6.07, 6.45) is 2.07. The minimum atomic E-state index is -1.17. The summed E-state index contributed by atoms with van der Waals surface area (Å²) in [5, 5.41) is 23.8. The number of fused-ring (bicyclic) bond motifs is 1. The number of para-hydroxylation sites is 1. The quantitative estimate of drug-likeness (QED) is 0.0638. The van der Waals surface area contributed by atoms with Gasteiger partial charge in [0.2, 0.25) is 11.8 Å². The average molecular weight is 857 g/mol. The number of aliphatic hydroxyl groups excluding tert-OH is 1. The molecule has 1 fully saturated rings. The Labute approximate surface area is 369 Å². The third kappa shape index (κ3) is 12.6. The highest BCUT2D eigenvalue weighted by molar-refractivity contribution is 5.85. The molecule has 0 bridgehead atoms. The molecule has 332 valence electrons. The molecule has 3 aromatic carbocycles. The zero-order valence-electron chi connectivity index (χ0n) is 37.0. The second-order valence-electron chi connectivity index (χ2n) is 18.1. The van der Waals surface area contributed by atoms with Gasteiger partial charge in [-0.3, -0.25) is 25.0 Å². The number of alkyl carbamates (subject to hydrolysis) is 1. The predicted molar refractivity (Wildman–Crippen MR) is 243 cm³/mol. The number of hydrogen-bond donors (Lipinski definition) is 5. The Bertz CT molecular complexity index is 2310. The van der Waals surface area contributed by atoms with Crippen LogP contribution < -0.4 is 21.4 Å². The summed E-state index contributed by atoms with van der Waals surface area (Å²) < 4.78 is 4.72. The van der Waals surface area contributed by atoms with E-state index in [-0.39, 0.29) is 57.0 Å². The van der Waals surface area contributed by atoms with Crippen molar-refractivity contribution in [2.45, 2.75) is 78.7 Å². The van der Waals surface area contributed by atoms with Crippen LogP contribution in [0.2, 0.25) is 0 Å². The van der Waals surface area contributed by atoms with Gasteiger partial charge in [-0.1, -0.05) is 113 Å². The largest absolute Gasteiger partial charge is 0.453 e. The maximum absolute atomic E-state index is 14.9. The Kier molecular flexibility index (Phi) is 15.1. The van der Waals surface area contributed by atoms with E-state index >= 15 is 0 Å². The summed E-state index contributed by atoms with van der Waals surface area (Å²) in [6, 6.07) is 31.3. The Morgan fingerprint density at radius 3 is 2.30 bits per heavy atom. The van der Waals surface area contributed by atoms with Crippen molar-refractivity contribution in [3.63, 3.8) is 0 Å². The first kappa shape index (κ1) is 46.1. The van der Waals surface area contributed by atoms with E-state index in [1.165, 1.54) is 7.11 Å². The fourth-order valence-electron chi connectivity index (χ4n) is 8.22. The molecule has 5 amide bonds. The molecule has 1 aliphatic heterocycles. The van der Waals surface area contributed by atoms with Crippen molar-refractivity contribution >= 4 is 34.8 Å². The van der Waals surface area contributed by atoms with E-state index in [2.05, 4.69) is 31.3 Å². The third-order valence-corrected chi connectivity index (χ3v) is 11.4. The molecule has 5 N–H and O–H groups in total. The van der Waals surface area contributed by atoms with Crippen LogP contribution in [0.15, 0.2) is 116 Å². The van der Waals surface area contributed by atoms with E-state index in [0.29, 0.717) is 6.42 Å². The third-order valence-electron chi connectivity index (χ3n) is 11.4. The van der Waals surface area contributed by atoms with Gasteiger partial charge in [0.05, 0.1) is 42.4 Å². The molecule has 1 saturated heterocycles. The number of aliphatic hydroxyl groups is 1. The smallest absolute Gasteiger partial charge is 0.406 e. The average Bonchev–Trinajstić information content (AvgIpc) is 3.60. The van der Waals surface area contributed by atoms with E-state index in [1.54, 1.807) is 22.3 Å². The lowest BCUT2D eigenvalue weighted by atomic mass is 9.75. The summed E-state index contributed by atoms with van der Waals surface area (Å²) in [5.74, 6) is -1.29. The lowest BCUT2D eigenvalue weighted by Gasteiger charge is -2.39. The fraction of sp³-hybridized carbons (Fsp3) is 0.388. The summed E-state index contributed by atoms with van der Waals surface area (Å²) in [7, 11) is 1.28. The summed E-state index contributed by atoms with van der Waals surface area (Å²) in [4.78, 5) is 64.6. The number of ether oxygens (including phenoxy) is 1. The van der Waals surface area contributed by atoms with Crippen LogP contribution in [0.3, 0.4) is 0 Å². The van der Waals surface area contributed by atoms with Gasteiger partial charge < -0.3 is 30.7 Å². The number of urea groups is 1. The van der Waals surface area contributed by atoms with Crippen molar-refractivity contribution in [1.82, 2.24) is 41.3 Å². The van der Waals surface area contributed by atoms with Gasteiger partial charge in [0, 0.05) is 62.5 Å². The lowest BCUT2D eigenvalue weighted by Crippen LogP contribution is -2.57. The van der Waals surface area contributed by atoms with Gasteiger partial charge in [0.1, 0.15) is 0 Å². The van der Waals surface area contributed by atoms with Gasteiger partial charge in [-0.2, -0.15) is 0 Å². The first-order chi connectivity index (χ1) is 30.1. The Hall–Kier alpha value is -6.38. The Balaban J connectivity index is 1.26. The van der Waals surface area contributed by atoms with Gasteiger partial charge in [0.15, 0.2) is 0 Å². The molecule has 2 aromatic heterocycles. The molecule has 63 heavy (non-hydrogen) atoms. The van der Waals surface area contributed by atoms with E-state index in [9.17, 15) is 24.3 Å². The predicted octanol–water partition coefficient (Wildman–Crippen LogP) is 6.25. The first-order valence-corrected chi connectivity index (χ1v) is 21.4. The standard InChI is InChI=1S/C49H60N8O6/c1-48(2,3)44(41-28-52-46(61)57(41)30-36-23-25-51-39-18-11-10-16-37(36)39)45(60)54-40(26-33-14-8-7-9-15-33)42(58)31-56(55-43(59)27-49(4,5)32-53-47(62)63-6)29-34-19-21-35(22-20-34)38-17-12-13-24-50-38/h7-25,40-42,44,58H,26-32H2,1-6H3,(H,52,61)(H,53,62)(H,54,60)(H,55,59). The molecule has 14 nitrogen and oxygen atoms in total. The van der Waals surface area contributed by atoms with E-state index in [0.717, 1.165) is 38.9 Å². The molecule has 6 rings (SSSR count). The normalized spacial score (nSPS) is 15.7. The molecule has 5 aromatic rings. The van der Waals surface area contributed by atoms with Crippen molar-refractivity contribution in [1.29, 1.82) is 0 Å². The number of rotatable bonds is 18. The van der Waals surface area contributed by atoms with Crippen LogP contribution in [0.5, 0.6) is 0 Å². The van der Waals surface area contributed by atoms with E-state index in [1.807, 2.05) is 138 Å². The van der Waals surface area contributed by atoms with Crippen molar-refractivity contribution in [3.8, 4) is 11.3 Å². The number of aromatic nitrogens is 2. The molecule has 4 unspecified atom stereocenters. The fourth-order valence-corrected chi connectivity index (χ4v) is 8.22. The number of pyridine rings is 2. The molecule has 1 aliphatic rings. The molecular weight excluding hydrogens is 797 g/mol. The van der Waals surface area contributed by atoms with Gasteiger partial charge >= 0.3 is 12.1 Å². The Morgan fingerprint density at radius 2 is 1.60 bits per heavy atom. The van der Waals surface area contributed by atoms with Crippen molar-refractivity contribution < 1.29 is 29.0 Å². The van der Waals surface area contributed by atoms with E-state index < -0.39 is 41.0 Å². The summed E-state index contributed by atoms with van der Waals surface area (Å²) in [5.41, 5.74) is 7.06. The zero-order chi connectivity index (χ0) is 45.1. The number of hydrazine groups is 1. The molecule has 0 spiro atoms. The van der Waals surface area contributed by atoms with Gasteiger partial charge in [-0.15, -0.1) is 0 Å². The maximum Gasteiger partial charge on any atom is 0.406 e. The van der Waals surface area contributed by atoms with Gasteiger partial charge in [-0.05, 0) is 58.2 Å². The van der Waals surface area contributed by atoms with Crippen molar-refractivity contribution in [3.05, 3.63) is 132 Å². The number of nitrogens with one attached hydrogen (secondary N) is 4. The van der Waals surface area contributed by atoms with Crippen molar-refractivity contribution in [2.75, 3.05) is 26.7 Å². The number of benzene rings is 3. The van der Waals surface area contributed by atoms with Crippen LogP contribution in [0.25, 0.3) is 22.2 Å². The monoisotopic (exact) mass is 856 g/mol. The van der Waals surface area contributed by atoms with Gasteiger partial charge in [-0.25, -0.2) is 14.6 Å². The molecular formula is C49H60N8O6. The number of carbonyl (C=O) groups is 4. The SMILES string of the molecule is COC(=O)NCC(C)(C)CC(=O)NN(Cc1ccc(-c2ccccn2)cc1)CC(O)C(Cc1ccccc1)NC(=O)C(C1CNC(=O)N1Cc1ccnc2ccccc12)C(C)(C)C. The highest BCUT2D eigenvalue weighted by atomic mass is 16.5. The molecule has 3 heterocycles. The molecule has 0 radical (unpaired) electrons. The number of methoxy groups -OCH3 is 1.